The maximum absolute atomic E-state index is 12.2. The van der Waals surface area contributed by atoms with Gasteiger partial charge in [0.2, 0.25) is 0 Å². The quantitative estimate of drug-likeness (QED) is 0.816. The molecule has 102 valence electrons. The number of amides is 2. The first kappa shape index (κ1) is 13.7. The summed E-state index contributed by atoms with van der Waals surface area (Å²) in [5, 5.41) is 0. The van der Waals surface area contributed by atoms with Crippen molar-refractivity contribution >= 4 is 11.6 Å². The second kappa shape index (κ2) is 6.41. The molecule has 1 aromatic rings. The molecule has 1 heterocycles. The number of nitrogens with zero attached hydrogens (tertiary/aromatic N) is 2. The molecule has 0 fully saturated rings. The Kier molecular flexibility index (Phi) is 4.61. The van der Waals surface area contributed by atoms with Crippen LogP contribution in [0.2, 0.25) is 0 Å². The van der Waals surface area contributed by atoms with E-state index >= 15 is 0 Å². The van der Waals surface area contributed by atoms with E-state index < -0.39 is 0 Å². The largest absolute Gasteiger partial charge is 0.325 e. The van der Waals surface area contributed by atoms with E-state index in [1.165, 1.54) is 11.1 Å². The molecule has 0 bridgehead atoms. The SMILES string of the molecule is CCN(CC)C(=O)N1CC=C(c2ccccc2)CC1. The summed E-state index contributed by atoms with van der Waals surface area (Å²) in [7, 11) is 0. The smallest absolute Gasteiger partial charge is 0.320 e. The first-order chi connectivity index (χ1) is 9.26. The molecule has 0 saturated carbocycles. The first-order valence-electron chi connectivity index (χ1n) is 7.04. The molecule has 19 heavy (non-hydrogen) atoms. The fourth-order valence-corrected chi connectivity index (χ4v) is 2.45. The maximum Gasteiger partial charge on any atom is 0.320 e. The highest BCUT2D eigenvalue weighted by atomic mass is 16.2. The molecule has 3 nitrogen and oxygen atoms in total. The van der Waals surface area contributed by atoms with E-state index in [4.69, 9.17) is 0 Å². The van der Waals surface area contributed by atoms with Gasteiger partial charge >= 0.3 is 6.03 Å². The lowest BCUT2D eigenvalue weighted by atomic mass is 10.00. The lowest BCUT2D eigenvalue weighted by Crippen LogP contribution is -2.44. The summed E-state index contributed by atoms with van der Waals surface area (Å²) in [5.74, 6) is 0. The summed E-state index contributed by atoms with van der Waals surface area (Å²) in [6, 6.07) is 10.6. The third-order valence-corrected chi connectivity index (χ3v) is 3.66. The zero-order chi connectivity index (χ0) is 13.7. The van der Waals surface area contributed by atoms with Gasteiger partial charge in [0, 0.05) is 26.2 Å². The number of hydrogen-bond donors (Lipinski definition) is 0. The minimum Gasteiger partial charge on any atom is -0.325 e. The van der Waals surface area contributed by atoms with Gasteiger partial charge in [-0.3, -0.25) is 0 Å². The lowest BCUT2D eigenvalue weighted by molar-refractivity contribution is 0.162. The van der Waals surface area contributed by atoms with Crippen LogP contribution in [0.5, 0.6) is 0 Å². The van der Waals surface area contributed by atoms with Crippen LogP contribution in [0.3, 0.4) is 0 Å². The van der Waals surface area contributed by atoms with Crippen LogP contribution in [0.4, 0.5) is 4.79 Å². The summed E-state index contributed by atoms with van der Waals surface area (Å²) in [6.45, 7) is 7.14. The lowest BCUT2D eigenvalue weighted by Gasteiger charge is -2.31. The van der Waals surface area contributed by atoms with Crippen molar-refractivity contribution in [1.82, 2.24) is 9.80 Å². The fraction of sp³-hybridized carbons (Fsp3) is 0.438. The van der Waals surface area contributed by atoms with Crippen LogP contribution in [0.1, 0.15) is 25.8 Å². The number of rotatable bonds is 3. The van der Waals surface area contributed by atoms with E-state index in [0.29, 0.717) is 0 Å². The highest BCUT2D eigenvalue weighted by Crippen LogP contribution is 2.22. The minimum atomic E-state index is 0.161. The van der Waals surface area contributed by atoms with Crippen molar-refractivity contribution in [3.63, 3.8) is 0 Å². The average Bonchev–Trinajstić information content (AvgIpc) is 2.49. The number of carbonyl (C=O) groups is 1. The van der Waals surface area contributed by atoms with Crippen molar-refractivity contribution in [2.75, 3.05) is 26.2 Å². The van der Waals surface area contributed by atoms with Gasteiger partial charge in [0.15, 0.2) is 0 Å². The van der Waals surface area contributed by atoms with Crippen LogP contribution in [-0.4, -0.2) is 42.0 Å². The summed E-state index contributed by atoms with van der Waals surface area (Å²) in [4.78, 5) is 16.0. The Labute approximate surface area is 115 Å². The molecule has 1 aliphatic heterocycles. The number of benzene rings is 1. The average molecular weight is 258 g/mol. The molecule has 1 aliphatic rings. The molecule has 0 atom stereocenters. The van der Waals surface area contributed by atoms with Gasteiger partial charge in [-0.05, 0) is 31.4 Å². The minimum absolute atomic E-state index is 0.161. The van der Waals surface area contributed by atoms with Crippen LogP contribution in [0.25, 0.3) is 5.57 Å². The molecule has 2 rings (SSSR count). The molecular formula is C16H22N2O. The number of hydrogen-bond acceptors (Lipinski definition) is 1. The van der Waals surface area contributed by atoms with E-state index in [2.05, 4.69) is 30.3 Å². The normalized spacial score (nSPS) is 15.1. The molecule has 0 saturated heterocycles. The molecule has 2 amide bonds. The second-order valence-electron chi connectivity index (χ2n) is 4.75. The summed E-state index contributed by atoms with van der Waals surface area (Å²) in [6.07, 6.45) is 3.12. The van der Waals surface area contributed by atoms with Crippen molar-refractivity contribution < 1.29 is 4.79 Å². The zero-order valence-corrected chi connectivity index (χ0v) is 11.8. The van der Waals surface area contributed by atoms with Crippen molar-refractivity contribution in [2.24, 2.45) is 0 Å². The highest BCUT2D eigenvalue weighted by molar-refractivity contribution is 5.76. The molecule has 0 radical (unpaired) electrons. The third kappa shape index (κ3) is 3.16. The Hall–Kier alpha value is -1.77. The van der Waals surface area contributed by atoms with E-state index in [0.717, 1.165) is 32.6 Å². The summed E-state index contributed by atoms with van der Waals surface area (Å²) < 4.78 is 0. The number of carbonyl (C=O) groups excluding carboxylic acids is 1. The Morgan fingerprint density at radius 3 is 2.42 bits per heavy atom. The van der Waals surface area contributed by atoms with Crippen molar-refractivity contribution in [3.8, 4) is 0 Å². The van der Waals surface area contributed by atoms with Gasteiger partial charge in [0.05, 0.1) is 0 Å². The summed E-state index contributed by atoms with van der Waals surface area (Å²) in [5.41, 5.74) is 2.63. The third-order valence-electron chi connectivity index (χ3n) is 3.66. The van der Waals surface area contributed by atoms with Gasteiger partial charge < -0.3 is 9.80 Å². The van der Waals surface area contributed by atoms with Gasteiger partial charge in [0.25, 0.3) is 0 Å². The number of urea groups is 1. The standard InChI is InChI=1S/C16H22N2O/c1-3-17(4-2)16(19)18-12-10-15(11-13-18)14-8-6-5-7-9-14/h5-10H,3-4,11-13H2,1-2H3. The van der Waals surface area contributed by atoms with E-state index in [9.17, 15) is 4.79 Å². The van der Waals surface area contributed by atoms with Crippen molar-refractivity contribution in [3.05, 3.63) is 42.0 Å². The Balaban J connectivity index is 2.02. The predicted octanol–water partition coefficient (Wildman–Crippen LogP) is 3.24. The van der Waals surface area contributed by atoms with Gasteiger partial charge in [-0.15, -0.1) is 0 Å². The van der Waals surface area contributed by atoms with E-state index in [1.54, 1.807) is 0 Å². The Bertz CT molecular complexity index is 449. The van der Waals surface area contributed by atoms with Gasteiger partial charge in [-0.2, -0.15) is 0 Å². The molecule has 0 aliphatic carbocycles. The fourth-order valence-electron chi connectivity index (χ4n) is 2.45. The molecule has 1 aromatic carbocycles. The molecule has 0 unspecified atom stereocenters. The Morgan fingerprint density at radius 2 is 1.89 bits per heavy atom. The van der Waals surface area contributed by atoms with Crippen molar-refractivity contribution in [1.29, 1.82) is 0 Å². The highest BCUT2D eigenvalue weighted by Gasteiger charge is 2.20. The van der Waals surface area contributed by atoms with Crippen LogP contribution in [-0.2, 0) is 0 Å². The van der Waals surface area contributed by atoms with Crippen LogP contribution < -0.4 is 0 Å². The topological polar surface area (TPSA) is 23.6 Å². The van der Waals surface area contributed by atoms with Gasteiger partial charge in [-0.1, -0.05) is 36.4 Å². The van der Waals surface area contributed by atoms with Crippen LogP contribution >= 0.6 is 0 Å². The van der Waals surface area contributed by atoms with Gasteiger partial charge in [0.1, 0.15) is 0 Å². The van der Waals surface area contributed by atoms with E-state index in [-0.39, 0.29) is 6.03 Å². The predicted molar refractivity (Wildman–Crippen MR) is 78.9 cm³/mol. The molecule has 0 spiro atoms. The molecular weight excluding hydrogens is 236 g/mol. The van der Waals surface area contributed by atoms with E-state index in [1.807, 2.05) is 29.7 Å². The molecule has 0 aromatic heterocycles. The zero-order valence-electron chi connectivity index (χ0n) is 11.8. The molecule has 0 N–H and O–H groups in total. The van der Waals surface area contributed by atoms with Crippen molar-refractivity contribution in [2.45, 2.75) is 20.3 Å². The van der Waals surface area contributed by atoms with Gasteiger partial charge in [-0.25, -0.2) is 4.79 Å². The maximum atomic E-state index is 12.2. The van der Waals surface area contributed by atoms with Crippen LogP contribution in [0.15, 0.2) is 36.4 Å². The molecule has 3 heteroatoms. The Morgan fingerprint density at radius 1 is 1.21 bits per heavy atom. The summed E-state index contributed by atoms with van der Waals surface area (Å²) >= 11 is 0. The monoisotopic (exact) mass is 258 g/mol. The second-order valence-corrected chi connectivity index (χ2v) is 4.75. The first-order valence-corrected chi connectivity index (χ1v) is 7.04. The van der Waals surface area contributed by atoms with Crippen LogP contribution in [0, 0.1) is 0 Å².